The van der Waals surface area contributed by atoms with E-state index in [4.69, 9.17) is 5.11 Å². The highest BCUT2D eigenvalue weighted by molar-refractivity contribution is 6.05. The number of alkyl halides is 3. The molecule has 2 rings (SSSR count). The molecule has 1 aliphatic carbocycles. The number of carbonyl (C=O) groups excluding carboxylic acids is 2. The van der Waals surface area contributed by atoms with Gasteiger partial charge in [-0.15, -0.1) is 0 Å². The van der Waals surface area contributed by atoms with E-state index in [-0.39, 0.29) is 5.92 Å². The second-order valence-corrected chi connectivity index (χ2v) is 5.30. The van der Waals surface area contributed by atoms with E-state index in [2.05, 4.69) is 0 Å². The molecular weight excluding hydrogens is 263 g/mol. The maximum Gasteiger partial charge on any atom is 0.416 e. The molecule has 0 bridgehead atoms. The zero-order chi connectivity index (χ0) is 14.4. The first-order valence-corrected chi connectivity index (χ1v) is 6.35. The van der Waals surface area contributed by atoms with Crippen molar-refractivity contribution in [2.24, 2.45) is 17.8 Å². The van der Waals surface area contributed by atoms with Crippen molar-refractivity contribution in [3.05, 3.63) is 0 Å². The van der Waals surface area contributed by atoms with Crippen molar-refractivity contribution >= 4 is 11.8 Å². The van der Waals surface area contributed by atoms with Gasteiger partial charge in [-0.25, -0.2) is 0 Å². The summed E-state index contributed by atoms with van der Waals surface area (Å²) in [7, 11) is 0. The second kappa shape index (κ2) is 4.77. The third kappa shape index (κ3) is 2.48. The Morgan fingerprint density at radius 3 is 2.11 bits per heavy atom. The minimum atomic E-state index is -4.82. The molecule has 2 amide bonds. The van der Waals surface area contributed by atoms with Crippen LogP contribution in [0.3, 0.4) is 0 Å². The van der Waals surface area contributed by atoms with Crippen molar-refractivity contribution in [1.29, 1.82) is 0 Å². The monoisotopic (exact) mass is 279 g/mol. The lowest BCUT2D eigenvalue weighted by Crippen LogP contribution is -2.44. The van der Waals surface area contributed by atoms with E-state index in [1.165, 1.54) is 0 Å². The van der Waals surface area contributed by atoms with Gasteiger partial charge in [-0.1, -0.05) is 13.3 Å². The molecule has 0 aromatic rings. The van der Waals surface area contributed by atoms with E-state index >= 15 is 0 Å². The molecular formula is C12H16F3NO3. The lowest BCUT2D eigenvalue weighted by Gasteiger charge is -2.22. The molecule has 0 spiro atoms. The number of nitrogens with zero attached hydrogens (tertiary/aromatic N) is 1. The number of β-amino-alcohol motifs (C(OH)–C–C–N with tert-alkyl or cyclic N) is 1. The molecule has 2 fully saturated rings. The third-order valence-electron chi connectivity index (χ3n) is 4.14. The molecule has 108 valence electrons. The summed E-state index contributed by atoms with van der Waals surface area (Å²) in [5.41, 5.74) is 0. The first-order chi connectivity index (χ1) is 8.75. The van der Waals surface area contributed by atoms with Gasteiger partial charge in [-0.3, -0.25) is 14.5 Å². The topological polar surface area (TPSA) is 57.6 Å². The van der Waals surface area contributed by atoms with Crippen molar-refractivity contribution in [2.45, 2.75) is 38.5 Å². The standard InChI is InChI=1S/C12H16F3NO3/c1-2-6-3-7-8(4-6)11(19)16(10(7)18)5-9(17)12(13,14)15/h6-9,17H,2-5H2,1H3. The number of fused-ring (bicyclic) bond motifs is 1. The third-order valence-corrected chi connectivity index (χ3v) is 4.14. The van der Waals surface area contributed by atoms with Gasteiger partial charge in [0.15, 0.2) is 6.10 Å². The molecule has 1 heterocycles. The molecule has 0 aromatic heterocycles. The summed E-state index contributed by atoms with van der Waals surface area (Å²) in [6.45, 7) is 0.983. The van der Waals surface area contributed by atoms with Crippen LogP contribution in [0.5, 0.6) is 0 Å². The van der Waals surface area contributed by atoms with Gasteiger partial charge in [0.1, 0.15) is 0 Å². The lowest BCUT2D eigenvalue weighted by atomic mass is 10.00. The Hall–Kier alpha value is -1.11. The van der Waals surface area contributed by atoms with Crippen LogP contribution in [0.15, 0.2) is 0 Å². The number of hydrogen-bond donors (Lipinski definition) is 1. The van der Waals surface area contributed by atoms with Gasteiger partial charge in [0.05, 0.1) is 18.4 Å². The van der Waals surface area contributed by atoms with E-state index in [1.54, 1.807) is 0 Å². The second-order valence-electron chi connectivity index (χ2n) is 5.30. The van der Waals surface area contributed by atoms with E-state index in [1.807, 2.05) is 6.92 Å². The summed E-state index contributed by atoms with van der Waals surface area (Å²) in [5.74, 6) is -1.81. The van der Waals surface area contributed by atoms with Crippen LogP contribution in [0, 0.1) is 17.8 Å². The summed E-state index contributed by atoms with van der Waals surface area (Å²) in [5, 5.41) is 8.97. The van der Waals surface area contributed by atoms with E-state index < -0.39 is 42.5 Å². The van der Waals surface area contributed by atoms with Crippen molar-refractivity contribution in [2.75, 3.05) is 6.54 Å². The number of carbonyl (C=O) groups is 2. The highest BCUT2D eigenvalue weighted by Crippen LogP contribution is 2.44. The number of amides is 2. The van der Waals surface area contributed by atoms with Gasteiger partial charge in [0.25, 0.3) is 0 Å². The molecule has 1 saturated heterocycles. The van der Waals surface area contributed by atoms with Crippen molar-refractivity contribution in [3.63, 3.8) is 0 Å². The molecule has 7 heteroatoms. The highest BCUT2D eigenvalue weighted by atomic mass is 19.4. The molecule has 0 aromatic carbocycles. The Balaban J connectivity index is 2.07. The van der Waals surface area contributed by atoms with Crippen LogP contribution < -0.4 is 0 Å². The van der Waals surface area contributed by atoms with Gasteiger partial charge < -0.3 is 5.11 Å². The number of halogens is 3. The van der Waals surface area contributed by atoms with Gasteiger partial charge >= 0.3 is 6.18 Å². The molecule has 1 aliphatic heterocycles. The number of aliphatic hydroxyl groups is 1. The Labute approximate surface area is 108 Å². The van der Waals surface area contributed by atoms with E-state index in [0.717, 1.165) is 6.42 Å². The largest absolute Gasteiger partial charge is 0.416 e. The van der Waals surface area contributed by atoms with Crippen LogP contribution in [0.1, 0.15) is 26.2 Å². The molecule has 0 radical (unpaired) electrons. The summed E-state index contributed by atoms with van der Waals surface area (Å²) in [6.07, 6.45) is -5.50. The quantitative estimate of drug-likeness (QED) is 0.793. The summed E-state index contributed by atoms with van der Waals surface area (Å²) in [6, 6.07) is 0. The average Bonchev–Trinajstić information content (AvgIpc) is 2.83. The van der Waals surface area contributed by atoms with Gasteiger partial charge in [-0.05, 0) is 18.8 Å². The average molecular weight is 279 g/mol. The van der Waals surface area contributed by atoms with Crippen LogP contribution in [0.25, 0.3) is 0 Å². The first kappa shape index (κ1) is 14.3. The molecule has 1 N–H and O–H groups in total. The fourth-order valence-corrected chi connectivity index (χ4v) is 2.99. The molecule has 2 aliphatic rings. The van der Waals surface area contributed by atoms with E-state index in [9.17, 15) is 22.8 Å². The van der Waals surface area contributed by atoms with Crippen molar-refractivity contribution in [3.8, 4) is 0 Å². The van der Waals surface area contributed by atoms with Gasteiger partial charge in [0.2, 0.25) is 11.8 Å². The number of aliphatic hydroxyl groups excluding tert-OH is 1. The minimum absolute atomic E-state index is 0.289. The van der Waals surface area contributed by atoms with Crippen LogP contribution in [-0.4, -0.2) is 40.6 Å². The summed E-state index contributed by atoms with van der Waals surface area (Å²) < 4.78 is 36.8. The maximum atomic E-state index is 12.3. The van der Waals surface area contributed by atoms with Crippen molar-refractivity contribution in [1.82, 2.24) is 4.90 Å². The fraction of sp³-hybridized carbons (Fsp3) is 0.833. The number of likely N-dealkylation sites (tertiary alicyclic amines) is 1. The SMILES string of the molecule is CCC1CC2C(=O)N(CC(O)C(F)(F)F)C(=O)C2C1. The van der Waals surface area contributed by atoms with Gasteiger partial charge in [-0.2, -0.15) is 13.2 Å². The Kier molecular flexibility index (Phi) is 3.59. The van der Waals surface area contributed by atoms with E-state index in [0.29, 0.717) is 17.7 Å². The zero-order valence-electron chi connectivity index (χ0n) is 10.5. The molecule has 3 unspecified atom stereocenters. The van der Waals surface area contributed by atoms with Gasteiger partial charge in [0, 0.05) is 0 Å². The number of rotatable bonds is 3. The summed E-state index contributed by atoms with van der Waals surface area (Å²) >= 11 is 0. The zero-order valence-corrected chi connectivity index (χ0v) is 10.5. The van der Waals surface area contributed by atoms with Crippen LogP contribution in [0.2, 0.25) is 0 Å². The predicted molar refractivity (Wildman–Crippen MR) is 58.8 cm³/mol. The maximum absolute atomic E-state index is 12.3. The van der Waals surface area contributed by atoms with Crippen LogP contribution in [0.4, 0.5) is 13.2 Å². The number of imide groups is 1. The predicted octanol–water partition coefficient (Wildman–Crippen LogP) is 1.33. The Morgan fingerprint density at radius 1 is 1.26 bits per heavy atom. The lowest BCUT2D eigenvalue weighted by molar-refractivity contribution is -0.208. The smallest absolute Gasteiger partial charge is 0.382 e. The minimum Gasteiger partial charge on any atom is -0.382 e. The van der Waals surface area contributed by atoms with Crippen molar-refractivity contribution < 1.29 is 27.9 Å². The molecule has 1 saturated carbocycles. The molecule has 4 nitrogen and oxygen atoms in total. The van der Waals surface area contributed by atoms with Crippen LogP contribution in [-0.2, 0) is 9.59 Å². The fourth-order valence-electron chi connectivity index (χ4n) is 2.99. The summed E-state index contributed by atoms with van der Waals surface area (Å²) in [4.78, 5) is 24.5. The first-order valence-electron chi connectivity index (χ1n) is 6.35. The molecule has 19 heavy (non-hydrogen) atoms. The highest BCUT2D eigenvalue weighted by Gasteiger charge is 2.54. The Bertz CT molecular complexity index is 372. The number of hydrogen-bond acceptors (Lipinski definition) is 3. The van der Waals surface area contributed by atoms with Crippen LogP contribution >= 0.6 is 0 Å². The molecule has 3 atom stereocenters. The Morgan fingerprint density at radius 2 is 1.74 bits per heavy atom. The normalized spacial score (nSPS) is 32.9.